The normalized spacial score (nSPS) is 11.7. The lowest BCUT2D eigenvalue weighted by Gasteiger charge is -2.23. The number of rotatable bonds is 9. The van der Waals surface area contributed by atoms with E-state index in [1.807, 2.05) is 78.9 Å². The second-order valence-corrected chi connectivity index (χ2v) is 7.70. The maximum Gasteiger partial charge on any atom is 0.251 e. The quantitative estimate of drug-likeness (QED) is 0.492. The predicted molar refractivity (Wildman–Crippen MR) is 120 cm³/mol. The number of hydrogen-bond donors (Lipinski definition) is 1. The van der Waals surface area contributed by atoms with Gasteiger partial charge in [0.15, 0.2) is 0 Å². The SMILES string of the molecule is COc1ccccc1C(CC(C)C)NC(=O)c1cccc(COc2ccccc2)c1. The average Bonchev–Trinajstić information content (AvgIpc) is 2.77. The van der Waals surface area contributed by atoms with Gasteiger partial charge in [0.2, 0.25) is 0 Å². The van der Waals surface area contributed by atoms with Crippen molar-refractivity contribution >= 4 is 5.91 Å². The summed E-state index contributed by atoms with van der Waals surface area (Å²) in [6, 6.07) is 24.9. The minimum absolute atomic E-state index is 0.104. The molecule has 0 aliphatic carbocycles. The molecule has 30 heavy (non-hydrogen) atoms. The van der Waals surface area contributed by atoms with Gasteiger partial charge in [-0.2, -0.15) is 0 Å². The third kappa shape index (κ3) is 5.86. The Bertz CT molecular complexity index is 953. The molecule has 0 aliphatic rings. The lowest BCUT2D eigenvalue weighted by atomic mass is 9.95. The number of benzene rings is 3. The highest BCUT2D eigenvalue weighted by Gasteiger charge is 2.20. The van der Waals surface area contributed by atoms with Crippen LogP contribution < -0.4 is 14.8 Å². The van der Waals surface area contributed by atoms with E-state index < -0.39 is 0 Å². The van der Waals surface area contributed by atoms with Crippen molar-refractivity contribution in [3.05, 3.63) is 95.6 Å². The van der Waals surface area contributed by atoms with Crippen molar-refractivity contribution in [3.63, 3.8) is 0 Å². The van der Waals surface area contributed by atoms with Crippen molar-refractivity contribution < 1.29 is 14.3 Å². The molecule has 1 amide bonds. The molecule has 4 nitrogen and oxygen atoms in total. The number of amides is 1. The van der Waals surface area contributed by atoms with Crippen LogP contribution in [0.15, 0.2) is 78.9 Å². The van der Waals surface area contributed by atoms with Crippen LogP contribution in [0.1, 0.15) is 47.8 Å². The van der Waals surface area contributed by atoms with Crippen LogP contribution in [0.5, 0.6) is 11.5 Å². The molecule has 0 bridgehead atoms. The molecule has 0 saturated carbocycles. The molecule has 3 aromatic carbocycles. The minimum Gasteiger partial charge on any atom is -0.496 e. The van der Waals surface area contributed by atoms with Crippen LogP contribution in [0.3, 0.4) is 0 Å². The van der Waals surface area contributed by atoms with Gasteiger partial charge in [-0.15, -0.1) is 0 Å². The maximum absolute atomic E-state index is 13.0. The van der Waals surface area contributed by atoms with E-state index in [0.29, 0.717) is 18.1 Å². The number of methoxy groups -OCH3 is 1. The van der Waals surface area contributed by atoms with E-state index in [2.05, 4.69) is 19.2 Å². The number of para-hydroxylation sites is 2. The van der Waals surface area contributed by atoms with Gasteiger partial charge in [-0.3, -0.25) is 4.79 Å². The molecule has 0 aliphatic heterocycles. The monoisotopic (exact) mass is 403 g/mol. The van der Waals surface area contributed by atoms with E-state index >= 15 is 0 Å². The van der Waals surface area contributed by atoms with Gasteiger partial charge in [0.1, 0.15) is 18.1 Å². The molecule has 0 aromatic heterocycles. The van der Waals surface area contributed by atoms with Gasteiger partial charge in [-0.1, -0.05) is 62.4 Å². The van der Waals surface area contributed by atoms with E-state index in [1.165, 1.54) is 0 Å². The zero-order valence-corrected chi connectivity index (χ0v) is 17.8. The second-order valence-electron chi connectivity index (χ2n) is 7.70. The van der Waals surface area contributed by atoms with Crippen LogP contribution in [-0.2, 0) is 6.61 Å². The van der Waals surface area contributed by atoms with Crippen LogP contribution in [0, 0.1) is 5.92 Å². The van der Waals surface area contributed by atoms with Crippen LogP contribution >= 0.6 is 0 Å². The Morgan fingerprint density at radius 3 is 2.40 bits per heavy atom. The number of carbonyl (C=O) groups excluding carboxylic acids is 1. The summed E-state index contributed by atoms with van der Waals surface area (Å²) in [6.45, 7) is 4.71. The van der Waals surface area contributed by atoms with Crippen molar-refractivity contribution in [1.29, 1.82) is 0 Å². The van der Waals surface area contributed by atoms with Crippen LogP contribution in [-0.4, -0.2) is 13.0 Å². The van der Waals surface area contributed by atoms with Crippen LogP contribution in [0.4, 0.5) is 0 Å². The van der Waals surface area contributed by atoms with Gasteiger partial charge < -0.3 is 14.8 Å². The summed E-state index contributed by atoms with van der Waals surface area (Å²) < 4.78 is 11.3. The summed E-state index contributed by atoms with van der Waals surface area (Å²) in [5.41, 5.74) is 2.56. The average molecular weight is 404 g/mol. The smallest absolute Gasteiger partial charge is 0.251 e. The van der Waals surface area contributed by atoms with E-state index in [9.17, 15) is 4.79 Å². The predicted octanol–water partition coefficient (Wildman–Crippen LogP) is 5.79. The zero-order valence-electron chi connectivity index (χ0n) is 17.8. The van der Waals surface area contributed by atoms with Gasteiger partial charge >= 0.3 is 0 Å². The molecule has 0 fully saturated rings. The van der Waals surface area contributed by atoms with Gasteiger partial charge in [0.25, 0.3) is 5.91 Å². The Labute approximate surface area is 178 Å². The molecule has 156 valence electrons. The molecular weight excluding hydrogens is 374 g/mol. The molecule has 0 saturated heterocycles. The summed E-state index contributed by atoms with van der Waals surface area (Å²) in [5, 5.41) is 3.20. The van der Waals surface area contributed by atoms with Crippen molar-refractivity contribution in [1.82, 2.24) is 5.32 Å². The molecule has 1 atom stereocenters. The molecule has 0 heterocycles. The first-order valence-corrected chi connectivity index (χ1v) is 10.3. The van der Waals surface area contributed by atoms with E-state index in [1.54, 1.807) is 7.11 Å². The van der Waals surface area contributed by atoms with Crippen molar-refractivity contribution in [2.75, 3.05) is 7.11 Å². The third-order valence-electron chi connectivity index (χ3n) is 4.86. The third-order valence-corrected chi connectivity index (χ3v) is 4.86. The fourth-order valence-corrected chi connectivity index (χ4v) is 3.42. The Morgan fingerprint density at radius 1 is 0.933 bits per heavy atom. The minimum atomic E-state index is -0.127. The highest BCUT2D eigenvalue weighted by Crippen LogP contribution is 2.29. The Hall–Kier alpha value is -3.27. The lowest BCUT2D eigenvalue weighted by Crippen LogP contribution is -2.30. The lowest BCUT2D eigenvalue weighted by molar-refractivity contribution is 0.0931. The first-order valence-electron chi connectivity index (χ1n) is 10.3. The molecular formula is C26H29NO3. The molecule has 4 heteroatoms. The Kier molecular flexibility index (Phi) is 7.50. The van der Waals surface area contributed by atoms with E-state index in [-0.39, 0.29) is 11.9 Å². The first kappa shape index (κ1) is 21.4. The summed E-state index contributed by atoms with van der Waals surface area (Å²) in [7, 11) is 1.66. The van der Waals surface area contributed by atoms with Crippen LogP contribution in [0.2, 0.25) is 0 Å². The molecule has 0 spiro atoms. The summed E-state index contributed by atoms with van der Waals surface area (Å²) >= 11 is 0. The topological polar surface area (TPSA) is 47.6 Å². The molecule has 0 radical (unpaired) electrons. The number of carbonyl (C=O) groups is 1. The second kappa shape index (κ2) is 10.5. The highest BCUT2D eigenvalue weighted by molar-refractivity contribution is 5.94. The first-order chi connectivity index (χ1) is 14.6. The summed E-state index contributed by atoms with van der Waals surface area (Å²) in [6.07, 6.45) is 0.822. The van der Waals surface area contributed by atoms with E-state index in [4.69, 9.17) is 9.47 Å². The Balaban J connectivity index is 1.74. The fourth-order valence-electron chi connectivity index (χ4n) is 3.42. The number of nitrogens with one attached hydrogen (secondary N) is 1. The molecule has 1 unspecified atom stereocenters. The van der Waals surface area contributed by atoms with Gasteiger partial charge in [0, 0.05) is 11.1 Å². The molecule has 3 aromatic rings. The maximum atomic E-state index is 13.0. The van der Waals surface area contributed by atoms with Gasteiger partial charge in [0.05, 0.1) is 13.2 Å². The largest absolute Gasteiger partial charge is 0.496 e. The molecule has 1 N–H and O–H groups in total. The van der Waals surface area contributed by atoms with Crippen LogP contribution in [0.25, 0.3) is 0 Å². The van der Waals surface area contributed by atoms with Crippen molar-refractivity contribution in [2.24, 2.45) is 5.92 Å². The van der Waals surface area contributed by atoms with Crippen molar-refractivity contribution in [3.8, 4) is 11.5 Å². The molecule has 3 rings (SSSR count). The van der Waals surface area contributed by atoms with E-state index in [0.717, 1.165) is 29.0 Å². The standard InChI is InChI=1S/C26H29NO3/c1-19(2)16-24(23-14-7-8-15-25(23)29-3)27-26(28)21-11-9-10-20(17-21)18-30-22-12-5-4-6-13-22/h4-15,17,19,24H,16,18H2,1-3H3,(H,27,28). The summed E-state index contributed by atoms with van der Waals surface area (Å²) in [4.78, 5) is 13.0. The number of hydrogen-bond acceptors (Lipinski definition) is 3. The Morgan fingerprint density at radius 2 is 1.67 bits per heavy atom. The number of ether oxygens (including phenoxy) is 2. The zero-order chi connectivity index (χ0) is 21.3. The fraction of sp³-hybridized carbons (Fsp3) is 0.269. The summed E-state index contributed by atoms with van der Waals surface area (Å²) in [5.74, 6) is 1.91. The highest BCUT2D eigenvalue weighted by atomic mass is 16.5. The van der Waals surface area contributed by atoms with Gasteiger partial charge in [-0.05, 0) is 48.2 Å². The van der Waals surface area contributed by atoms with Crippen molar-refractivity contribution in [2.45, 2.75) is 32.9 Å². The van der Waals surface area contributed by atoms with Gasteiger partial charge in [-0.25, -0.2) is 0 Å².